The standard InChI is InChI=1S/C26H24N4O3S/c1-29(2)25(31)23(19-9-5-3-6-10-19)34-26-28-27-24(20-11-7-4-8-12-20)30(26)16-18-13-14-21-22(15-18)33-17-32-21/h3-15,23H,16-17H2,1-2H3/t23-/m0/s1. The summed E-state index contributed by atoms with van der Waals surface area (Å²) in [6, 6.07) is 25.6. The average Bonchev–Trinajstić information content (AvgIpc) is 3.50. The van der Waals surface area contributed by atoms with Gasteiger partial charge in [0.1, 0.15) is 5.25 Å². The second-order valence-electron chi connectivity index (χ2n) is 8.09. The summed E-state index contributed by atoms with van der Waals surface area (Å²) < 4.78 is 13.1. The van der Waals surface area contributed by atoms with Gasteiger partial charge in [-0.15, -0.1) is 10.2 Å². The third-order valence-electron chi connectivity index (χ3n) is 5.52. The molecule has 8 heteroatoms. The van der Waals surface area contributed by atoms with Crippen molar-refractivity contribution >= 4 is 17.7 Å². The van der Waals surface area contributed by atoms with Crippen LogP contribution in [-0.4, -0.2) is 46.5 Å². The van der Waals surface area contributed by atoms with Crippen LogP contribution in [0.1, 0.15) is 16.4 Å². The van der Waals surface area contributed by atoms with Gasteiger partial charge < -0.3 is 14.4 Å². The van der Waals surface area contributed by atoms with Gasteiger partial charge in [0.05, 0.1) is 6.54 Å². The summed E-state index contributed by atoms with van der Waals surface area (Å²) in [6.45, 7) is 0.751. The maximum atomic E-state index is 13.1. The van der Waals surface area contributed by atoms with Crippen LogP contribution in [0.15, 0.2) is 84.0 Å². The monoisotopic (exact) mass is 472 g/mol. The molecular formula is C26H24N4O3S. The number of ether oxygens (including phenoxy) is 2. The minimum absolute atomic E-state index is 0.00455. The number of aromatic nitrogens is 3. The lowest BCUT2D eigenvalue weighted by Crippen LogP contribution is -2.27. The van der Waals surface area contributed by atoms with E-state index in [4.69, 9.17) is 9.47 Å². The molecule has 7 nitrogen and oxygen atoms in total. The number of rotatable bonds is 7. The molecular weight excluding hydrogens is 448 g/mol. The van der Waals surface area contributed by atoms with Gasteiger partial charge in [-0.05, 0) is 23.3 Å². The van der Waals surface area contributed by atoms with Gasteiger partial charge in [-0.1, -0.05) is 78.5 Å². The molecule has 0 spiro atoms. The van der Waals surface area contributed by atoms with Crippen LogP contribution in [0.3, 0.4) is 0 Å². The topological polar surface area (TPSA) is 69.5 Å². The summed E-state index contributed by atoms with van der Waals surface area (Å²) in [7, 11) is 3.54. The zero-order chi connectivity index (χ0) is 23.5. The Morgan fingerprint density at radius 3 is 2.41 bits per heavy atom. The summed E-state index contributed by atoms with van der Waals surface area (Å²) in [6.07, 6.45) is 0. The zero-order valence-electron chi connectivity index (χ0n) is 18.9. The Hall–Kier alpha value is -3.78. The highest BCUT2D eigenvalue weighted by molar-refractivity contribution is 8.00. The Morgan fingerprint density at radius 1 is 0.971 bits per heavy atom. The SMILES string of the molecule is CN(C)C(=O)[C@@H](Sc1nnc(-c2ccccc2)n1Cc1ccc2c(c1)OCO2)c1ccccc1. The first-order chi connectivity index (χ1) is 16.6. The Kier molecular flexibility index (Phi) is 6.22. The van der Waals surface area contributed by atoms with Crippen molar-refractivity contribution in [1.29, 1.82) is 0 Å². The molecule has 4 aromatic rings. The van der Waals surface area contributed by atoms with Crippen LogP contribution < -0.4 is 9.47 Å². The minimum atomic E-state index is -0.445. The van der Waals surface area contributed by atoms with E-state index in [-0.39, 0.29) is 12.7 Å². The average molecular weight is 473 g/mol. The number of likely N-dealkylation sites (N-methyl/N-ethyl adjacent to an activating group) is 1. The van der Waals surface area contributed by atoms with E-state index >= 15 is 0 Å². The summed E-state index contributed by atoms with van der Waals surface area (Å²) >= 11 is 1.41. The van der Waals surface area contributed by atoms with Crippen molar-refractivity contribution in [2.45, 2.75) is 17.0 Å². The van der Waals surface area contributed by atoms with Crippen LogP contribution >= 0.6 is 11.8 Å². The number of hydrogen-bond donors (Lipinski definition) is 0. The first-order valence-corrected chi connectivity index (χ1v) is 11.8. The molecule has 0 fully saturated rings. The smallest absolute Gasteiger partial charge is 0.240 e. The van der Waals surface area contributed by atoms with E-state index in [0.717, 1.165) is 34.0 Å². The van der Waals surface area contributed by atoms with Crippen molar-refractivity contribution in [2.75, 3.05) is 20.9 Å². The highest BCUT2D eigenvalue weighted by Crippen LogP contribution is 2.38. The number of amides is 1. The molecule has 1 aromatic heterocycles. The molecule has 1 atom stereocenters. The van der Waals surface area contributed by atoms with Crippen LogP contribution in [0.4, 0.5) is 0 Å². The lowest BCUT2D eigenvalue weighted by Gasteiger charge is -2.20. The number of carbonyl (C=O) groups excluding carboxylic acids is 1. The molecule has 0 unspecified atom stereocenters. The molecule has 0 radical (unpaired) electrons. The van der Waals surface area contributed by atoms with Crippen LogP contribution in [0.5, 0.6) is 11.5 Å². The molecule has 2 heterocycles. The Labute approximate surface area is 202 Å². The van der Waals surface area contributed by atoms with E-state index < -0.39 is 5.25 Å². The second kappa shape index (κ2) is 9.61. The van der Waals surface area contributed by atoms with Crippen molar-refractivity contribution < 1.29 is 14.3 Å². The molecule has 0 saturated heterocycles. The third-order valence-corrected chi connectivity index (χ3v) is 6.74. The van der Waals surface area contributed by atoms with Crippen molar-refractivity contribution in [3.63, 3.8) is 0 Å². The first kappa shape index (κ1) is 22.0. The largest absolute Gasteiger partial charge is 0.454 e. The molecule has 172 valence electrons. The van der Waals surface area contributed by atoms with E-state index in [2.05, 4.69) is 14.8 Å². The maximum absolute atomic E-state index is 13.1. The van der Waals surface area contributed by atoms with Gasteiger partial charge in [0.15, 0.2) is 22.5 Å². The molecule has 0 N–H and O–H groups in total. The van der Waals surface area contributed by atoms with Crippen LogP contribution in [-0.2, 0) is 11.3 Å². The van der Waals surface area contributed by atoms with E-state index in [1.807, 2.05) is 78.9 Å². The van der Waals surface area contributed by atoms with Gasteiger partial charge in [-0.3, -0.25) is 9.36 Å². The molecule has 1 aliphatic rings. The Balaban J connectivity index is 1.55. The third kappa shape index (κ3) is 4.49. The van der Waals surface area contributed by atoms with E-state index in [0.29, 0.717) is 11.7 Å². The lowest BCUT2D eigenvalue weighted by atomic mass is 10.1. The Bertz CT molecular complexity index is 1290. The fraction of sp³-hybridized carbons (Fsp3) is 0.192. The number of thioether (sulfide) groups is 1. The van der Waals surface area contributed by atoms with Crippen molar-refractivity contribution in [3.8, 4) is 22.9 Å². The molecule has 0 saturated carbocycles. The fourth-order valence-electron chi connectivity index (χ4n) is 3.77. The number of fused-ring (bicyclic) bond motifs is 1. The predicted octanol–water partition coefficient (Wildman–Crippen LogP) is 4.64. The van der Waals surface area contributed by atoms with Gasteiger partial charge >= 0.3 is 0 Å². The molecule has 0 aliphatic carbocycles. The van der Waals surface area contributed by atoms with Crippen LogP contribution in [0.25, 0.3) is 11.4 Å². The summed E-state index contributed by atoms with van der Waals surface area (Å²) in [4.78, 5) is 14.8. The maximum Gasteiger partial charge on any atom is 0.240 e. The van der Waals surface area contributed by atoms with E-state index in [9.17, 15) is 4.79 Å². The van der Waals surface area contributed by atoms with Crippen LogP contribution in [0.2, 0.25) is 0 Å². The van der Waals surface area contributed by atoms with Crippen LogP contribution in [0, 0.1) is 0 Å². The van der Waals surface area contributed by atoms with E-state index in [1.165, 1.54) is 11.8 Å². The molecule has 5 rings (SSSR count). The summed E-state index contributed by atoms with van der Waals surface area (Å²) in [5.41, 5.74) is 2.90. The minimum Gasteiger partial charge on any atom is -0.454 e. The summed E-state index contributed by atoms with van der Waals surface area (Å²) in [5, 5.41) is 9.26. The number of benzene rings is 3. The fourth-order valence-corrected chi connectivity index (χ4v) is 4.95. The Morgan fingerprint density at radius 2 is 1.68 bits per heavy atom. The molecule has 1 aliphatic heterocycles. The highest BCUT2D eigenvalue weighted by atomic mass is 32.2. The quantitative estimate of drug-likeness (QED) is 0.365. The normalized spacial score (nSPS) is 13.0. The van der Waals surface area contributed by atoms with Crippen molar-refractivity contribution in [3.05, 3.63) is 90.0 Å². The lowest BCUT2D eigenvalue weighted by molar-refractivity contribution is -0.128. The molecule has 0 bridgehead atoms. The van der Waals surface area contributed by atoms with Gasteiger partial charge in [-0.2, -0.15) is 0 Å². The van der Waals surface area contributed by atoms with Gasteiger partial charge in [0.2, 0.25) is 12.7 Å². The molecule has 1 amide bonds. The molecule has 34 heavy (non-hydrogen) atoms. The second-order valence-corrected chi connectivity index (χ2v) is 9.16. The number of hydrogen-bond acceptors (Lipinski definition) is 6. The molecule has 3 aromatic carbocycles. The first-order valence-electron chi connectivity index (χ1n) is 10.9. The number of nitrogens with zero attached hydrogens (tertiary/aromatic N) is 4. The highest BCUT2D eigenvalue weighted by Gasteiger charge is 2.27. The van der Waals surface area contributed by atoms with Crippen molar-refractivity contribution in [2.24, 2.45) is 0 Å². The summed E-state index contributed by atoms with van der Waals surface area (Å²) in [5.74, 6) is 2.21. The van der Waals surface area contributed by atoms with Gasteiger partial charge in [0.25, 0.3) is 0 Å². The number of carbonyl (C=O) groups is 1. The zero-order valence-corrected chi connectivity index (χ0v) is 19.7. The van der Waals surface area contributed by atoms with Crippen molar-refractivity contribution in [1.82, 2.24) is 19.7 Å². The van der Waals surface area contributed by atoms with Gasteiger partial charge in [-0.25, -0.2) is 0 Å². The van der Waals surface area contributed by atoms with Gasteiger partial charge in [0, 0.05) is 19.7 Å². The predicted molar refractivity (Wildman–Crippen MR) is 131 cm³/mol. The van der Waals surface area contributed by atoms with E-state index in [1.54, 1.807) is 19.0 Å².